The number of rotatable bonds is 3. The van der Waals surface area contributed by atoms with E-state index in [0.717, 1.165) is 19.3 Å². The summed E-state index contributed by atoms with van der Waals surface area (Å²) in [4.78, 5) is 30.9. The number of aromatic nitrogens is 1. The smallest absolute Gasteiger partial charge is 0.288 e. The minimum Gasteiger partial charge on any atom is -0.372 e. The average molecular weight is 293 g/mol. The summed E-state index contributed by atoms with van der Waals surface area (Å²) < 4.78 is 0. The third kappa shape index (κ3) is 3.10. The minimum atomic E-state index is -0.545. The number of likely N-dealkylation sites (N-methyl/N-ethyl adjacent to an activating group) is 1. The summed E-state index contributed by atoms with van der Waals surface area (Å²) in [5.41, 5.74) is 0.0576. The van der Waals surface area contributed by atoms with Gasteiger partial charge in [0, 0.05) is 38.8 Å². The van der Waals surface area contributed by atoms with E-state index >= 15 is 0 Å². The summed E-state index contributed by atoms with van der Waals surface area (Å²) in [6, 6.07) is 1.34. The number of anilines is 1. The number of pyridine rings is 1. The largest absolute Gasteiger partial charge is 0.372 e. The number of nitrogens with one attached hydrogen (secondary N) is 1. The second-order valence-electron chi connectivity index (χ2n) is 5.21. The molecule has 1 aromatic rings. The van der Waals surface area contributed by atoms with Crippen molar-refractivity contribution >= 4 is 17.4 Å². The van der Waals surface area contributed by atoms with Crippen LogP contribution in [0.1, 0.15) is 17.3 Å². The van der Waals surface area contributed by atoms with Crippen LogP contribution in [0.15, 0.2) is 12.3 Å². The molecule has 2 rings (SSSR count). The van der Waals surface area contributed by atoms with Crippen LogP contribution in [0, 0.1) is 10.1 Å². The lowest BCUT2D eigenvalue weighted by atomic mass is 10.1. The normalized spacial score (nSPS) is 19.4. The molecule has 8 nitrogen and oxygen atoms in total. The molecule has 8 heteroatoms. The fourth-order valence-electron chi connectivity index (χ4n) is 2.51. The van der Waals surface area contributed by atoms with E-state index in [0.29, 0.717) is 12.4 Å². The van der Waals surface area contributed by atoms with Gasteiger partial charge in [-0.05, 0) is 14.0 Å². The number of nitro groups is 1. The monoisotopic (exact) mass is 293 g/mol. The second-order valence-corrected chi connectivity index (χ2v) is 5.21. The Labute approximate surface area is 122 Å². The van der Waals surface area contributed by atoms with Gasteiger partial charge in [0.25, 0.3) is 11.6 Å². The van der Waals surface area contributed by atoms with E-state index in [1.54, 1.807) is 11.9 Å². The Morgan fingerprint density at radius 1 is 1.52 bits per heavy atom. The first-order valence-corrected chi connectivity index (χ1v) is 6.75. The number of nitrogens with zero attached hydrogens (tertiary/aromatic N) is 4. The molecule has 21 heavy (non-hydrogen) atoms. The number of amides is 1. The molecule has 1 aliphatic rings. The first-order valence-electron chi connectivity index (χ1n) is 6.75. The number of hydrogen-bond donors (Lipinski definition) is 1. The summed E-state index contributed by atoms with van der Waals surface area (Å²) in [5.74, 6) is 0.132. The van der Waals surface area contributed by atoms with Crippen LogP contribution in [-0.2, 0) is 0 Å². The Bertz CT molecular complexity index is 563. The summed E-state index contributed by atoms with van der Waals surface area (Å²) >= 11 is 0. The molecule has 0 saturated carbocycles. The van der Waals surface area contributed by atoms with Gasteiger partial charge in [-0.2, -0.15) is 0 Å². The van der Waals surface area contributed by atoms with Crippen molar-refractivity contribution in [1.29, 1.82) is 0 Å². The highest BCUT2D eigenvalue weighted by molar-refractivity contribution is 5.99. The lowest BCUT2D eigenvalue weighted by Gasteiger charge is -2.38. The molecular formula is C13H19N5O3. The van der Waals surface area contributed by atoms with E-state index in [1.807, 2.05) is 14.0 Å². The number of carbonyl (C=O) groups excluding carboxylic acids is 1. The summed E-state index contributed by atoms with van der Waals surface area (Å²) in [7, 11) is 3.64. The van der Waals surface area contributed by atoms with E-state index in [-0.39, 0.29) is 23.2 Å². The molecule has 0 aromatic carbocycles. The SMILES string of the molecule is CNc1ncc([N+](=O)[O-])cc1C(=O)N1CCN(C)CC1C. The van der Waals surface area contributed by atoms with Crippen molar-refractivity contribution in [2.45, 2.75) is 13.0 Å². The maximum Gasteiger partial charge on any atom is 0.288 e. The molecule has 0 bridgehead atoms. The van der Waals surface area contributed by atoms with Crippen molar-refractivity contribution in [2.75, 3.05) is 39.0 Å². The van der Waals surface area contributed by atoms with Crippen LogP contribution in [0.4, 0.5) is 11.5 Å². The summed E-state index contributed by atoms with van der Waals surface area (Å²) in [6.45, 7) is 4.13. The van der Waals surface area contributed by atoms with Gasteiger partial charge in [-0.1, -0.05) is 0 Å². The van der Waals surface area contributed by atoms with E-state index in [2.05, 4.69) is 15.2 Å². The first kappa shape index (κ1) is 15.2. The standard InChI is InChI=1S/C13H19N5O3/c1-9-8-16(3)4-5-17(9)13(19)11-6-10(18(20)21)7-15-12(11)14-2/h6-7,9H,4-5,8H2,1-3H3,(H,14,15). The quantitative estimate of drug-likeness (QED) is 0.655. The Kier molecular flexibility index (Phi) is 4.37. The lowest BCUT2D eigenvalue weighted by Crippen LogP contribution is -2.52. The maximum atomic E-state index is 12.7. The summed E-state index contributed by atoms with van der Waals surface area (Å²) in [5, 5.41) is 13.7. The van der Waals surface area contributed by atoms with Gasteiger partial charge >= 0.3 is 0 Å². The van der Waals surface area contributed by atoms with E-state index in [4.69, 9.17) is 0 Å². The van der Waals surface area contributed by atoms with Crippen LogP contribution >= 0.6 is 0 Å². The molecule has 1 unspecified atom stereocenters. The van der Waals surface area contributed by atoms with Crippen molar-refractivity contribution in [3.8, 4) is 0 Å². The Hall–Kier alpha value is -2.22. The number of hydrogen-bond acceptors (Lipinski definition) is 6. The third-order valence-corrected chi connectivity index (χ3v) is 3.64. The fourth-order valence-corrected chi connectivity index (χ4v) is 2.51. The Balaban J connectivity index is 2.33. The predicted molar refractivity (Wildman–Crippen MR) is 78.4 cm³/mol. The lowest BCUT2D eigenvalue weighted by molar-refractivity contribution is -0.385. The maximum absolute atomic E-state index is 12.7. The van der Waals surface area contributed by atoms with Crippen molar-refractivity contribution in [1.82, 2.24) is 14.8 Å². The average Bonchev–Trinajstić information content (AvgIpc) is 2.45. The van der Waals surface area contributed by atoms with Crippen molar-refractivity contribution in [2.24, 2.45) is 0 Å². The zero-order chi connectivity index (χ0) is 15.6. The van der Waals surface area contributed by atoms with Gasteiger partial charge in [0.05, 0.1) is 10.5 Å². The molecule has 1 aliphatic heterocycles. The van der Waals surface area contributed by atoms with E-state index in [9.17, 15) is 14.9 Å². The molecular weight excluding hydrogens is 274 g/mol. The van der Waals surface area contributed by atoms with Gasteiger partial charge < -0.3 is 15.1 Å². The Morgan fingerprint density at radius 2 is 2.24 bits per heavy atom. The van der Waals surface area contributed by atoms with Crippen LogP contribution in [0.25, 0.3) is 0 Å². The molecule has 1 saturated heterocycles. The molecule has 1 atom stereocenters. The molecule has 114 valence electrons. The molecule has 1 aromatic heterocycles. The fraction of sp³-hybridized carbons (Fsp3) is 0.538. The van der Waals surface area contributed by atoms with Gasteiger partial charge in [-0.25, -0.2) is 4.98 Å². The van der Waals surface area contributed by atoms with Crippen LogP contribution in [0.2, 0.25) is 0 Å². The van der Waals surface area contributed by atoms with E-state index < -0.39 is 4.92 Å². The number of piperazine rings is 1. The molecule has 0 radical (unpaired) electrons. The van der Waals surface area contributed by atoms with Gasteiger partial charge in [0.2, 0.25) is 0 Å². The van der Waals surface area contributed by atoms with Gasteiger partial charge in [-0.15, -0.1) is 0 Å². The van der Waals surface area contributed by atoms with Crippen LogP contribution in [0.5, 0.6) is 0 Å². The van der Waals surface area contributed by atoms with Crippen LogP contribution < -0.4 is 5.32 Å². The zero-order valence-corrected chi connectivity index (χ0v) is 12.4. The molecule has 0 aliphatic carbocycles. The molecule has 0 spiro atoms. The topological polar surface area (TPSA) is 91.6 Å². The highest BCUT2D eigenvalue weighted by atomic mass is 16.6. The van der Waals surface area contributed by atoms with Crippen molar-refractivity contribution in [3.63, 3.8) is 0 Å². The Morgan fingerprint density at radius 3 is 2.81 bits per heavy atom. The first-order chi connectivity index (χ1) is 9.93. The van der Waals surface area contributed by atoms with Crippen LogP contribution in [0.3, 0.4) is 0 Å². The summed E-state index contributed by atoms with van der Waals surface area (Å²) in [6.07, 6.45) is 1.15. The van der Waals surface area contributed by atoms with Crippen molar-refractivity contribution < 1.29 is 9.72 Å². The predicted octanol–water partition coefficient (Wildman–Crippen LogP) is 0.808. The third-order valence-electron chi connectivity index (χ3n) is 3.64. The number of carbonyl (C=O) groups is 1. The van der Waals surface area contributed by atoms with E-state index in [1.165, 1.54) is 6.07 Å². The second kappa shape index (κ2) is 6.04. The van der Waals surface area contributed by atoms with Gasteiger partial charge in [-0.3, -0.25) is 14.9 Å². The highest BCUT2D eigenvalue weighted by Gasteiger charge is 2.29. The molecule has 1 N–H and O–H groups in total. The van der Waals surface area contributed by atoms with Crippen LogP contribution in [-0.4, -0.2) is 65.4 Å². The molecule has 1 fully saturated rings. The molecule has 1 amide bonds. The minimum absolute atomic E-state index is 0.0558. The van der Waals surface area contributed by atoms with Gasteiger partial charge in [0.15, 0.2) is 0 Å². The zero-order valence-electron chi connectivity index (χ0n) is 12.4. The molecule has 2 heterocycles. The van der Waals surface area contributed by atoms with Crippen molar-refractivity contribution in [3.05, 3.63) is 27.9 Å². The highest BCUT2D eigenvalue weighted by Crippen LogP contribution is 2.22. The van der Waals surface area contributed by atoms with Gasteiger partial charge in [0.1, 0.15) is 12.0 Å².